The number of alkyl halides is 3. The molecule has 128 valence electrons. The molecule has 3 aromatic rings. The van der Waals surface area contributed by atoms with Crippen LogP contribution in [0.1, 0.15) is 26.5 Å². The number of primary amides is 1. The van der Waals surface area contributed by atoms with Crippen LogP contribution in [0, 0.1) is 0 Å². The minimum atomic E-state index is -4.37. The number of hydrogen-bond donors (Lipinski definition) is 1. The summed E-state index contributed by atoms with van der Waals surface area (Å²) in [6.07, 6.45) is -1.17. The lowest BCUT2D eigenvalue weighted by molar-refractivity contribution is -0.137. The molecule has 25 heavy (non-hydrogen) atoms. The second kappa shape index (κ2) is 6.64. The van der Waals surface area contributed by atoms with Gasteiger partial charge in [0.2, 0.25) is 5.91 Å². The number of halogens is 3. The number of amides is 1. The lowest BCUT2D eigenvalue weighted by Gasteiger charge is -2.07. The van der Waals surface area contributed by atoms with Crippen LogP contribution in [0.2, 0.25) is 0 Å². The van der Waals surface area contributed by atoms with Crippen molar-refractivity contribution in [3.05, 3.63) is 69.8 Å². The van der Waals surface area contributed by atoms with Crippen LogP contribution in [0.4, 0.5) is 13.2 Å². The third-order valence-corrected chi connectivity index (χ3v) is 4.33. The van der Waals surface area contributed by atoms with Crippen LogP contribution >= 0.6 is 11.3 Å². The lowest BCUT2D eigenvalue weighted by Crippen LogP contribution is -2.11. The van der Waals surface area contributed by atoms with Gasteiger partial charge in [-0.1, -0.05) is 18.2 Å². The number of benzene rings is 1. The minimum absolute atomic E-state index is 0.268. The van der Waals surface area contributed by atoms with E-state index in [4.69, 9.17) is 5.73 Å². The van der Waals surface area contributed by atoms with E-state index >= 15 is 0 Å². The Hall–Kier alpha value is -2.74. The summed E-state index contributed by atoms with van der Waals surface area (Å²) in [5, 5.41) is 2.43. The van der Waals surface area contributed by atoms with Crippen LogP contribution in [0.3, 0.4) is 0 Å². The molecule has 0 unspecified atom stereocenters. The van der Waals surface area contributed by atoms with Crippen LogP contribution in [0.5, 0.6) is 0 Å². The normalized spacial score (nSPS) is 11.5. The molecule has 0 saturated carbocycles. The highest BCUT2D eigenvalue weighted by Crippen LogP contribution is 2.30. The molecule has 0 atom stereocenters. The Kier molecular flexibility index (Phi) is 4.54. The van der Waals surface area contributed by atoms with Gasteiger partial charge in [0.1, 0.15) is 0 Å². The van der Waals surface area contributed by atoms with Gasteiger partial charge < -0.3 is 5.73 Å². The van der Waals surface area contributed by atoms with E-state index in [1.165, 1.54) is 23.6 Å². The van der Waals surface area contributed by atoms with Crippen LogP contribution in [0.15, 0.2) is 48.1 Å². The molecule has 8 heteroatoms. The van der Waals surface area contributed by atoms with E-state index in [0.29, 0.717) is 21.8 Å². The molecule has 0 aliphatic rings. The molecule has 2 aromatic heterocycles. The molecule has 1 amide bonds. The number of pyridine rings is 1. The van der Waals surface area contributed by atoms with Crippen molar-refractivity contribution in [2.24, 2.45) is 5.73 Å². The van der Waals surface area contributed by atoms with E-state index < -0.39 is 17.6 Å². The summed E-state index contributed by atoms with van der Waals surface area (Å²) in [7, 11) is 0. The first-order valence-corrected chi connectivity index (χ1v) is 8.06. The summed E-state index contributed by atoms with van der Waals surface area (Å²) in [6.45, 7) is 0. The molecule has 2 N–H and O–H groups in total. The van der Waals surface area contributed by atoms with Crippen molar-refractivity contribution in [2.75, 3.05) is 0 Å². The monoisotopic (exact) mass is 363 g/mol. The number of carbonyl (C=O) groups excluding carboxylic acids is 1. The lowest BCUT2D eigenvalue weighted by atomic mass is 10.1. The Labute approximate surface area is 145 Å². The molecule has 0 aliphatic heterocycles. The highest BCUT2D eigenvalue weighted by Gasteiger charge is 2.30. The fourth-order valence-electron chi connectivity index (χ4n) is 2.27. The zero-order valence-electron chi connectivity index (χ0n) is 12.7. The number of rotatable bonds is 4. The van der Waals surface area contributed by atoms with E-state index in [1.54, 1.807) is 23.7 Å². The fourth-order valence-corrected chi connectivity index (χ4v) is 3.11. The van der Waals surface area contributed by atoms with Gasteiger partial charge in [-0.3, -0.25) is 9.78 Å². The number of thiazole rings is 1. The van der Waals surface area contributed by atoms with E-state index in [-0.39, 0.29) is 12.0 Å². The number of hydrogen-bond acceptors (Lipinski definition) is 4. The molecule has 2 heterocycles. The van der Waals surface area contributed by atoms with E-state index in [1.807, 2.05) is 0 Å². The van der Waals surface area contributed by atoms with Gasteiger partial charge in [-0.15, -0.1) is 11.3 Å². The Morgan fingerprint density at radius 1 is 1.20 bits per heavy atom. The molecule has 4 nitrogen and oxygen atoms in total. The van der Waals surface area contributed by atoms with Gasteiger partial charge >= 0.3 is 6.18 Å². The van der Waals surface area contributed by atoms with E-state index in [2.05, 4.69) is 9.97 Å². The summed E-state index contributed by atoms with van der Waals surface area (Å²) in [4.78, 5) is 19.6. The third-order valence-electron chi connectivity index (χ3n) is 3.48. The number of aromatic nitrogens is 2. The number of nitrogens with two attached hydrogens (primary N) is 1. The Bertz CT molecular complexity index is 921. The fraction of sp³-hybridized carbons (Fsp3) is 0.118. The van der Waals surface area contributed by atoms with Crippen molar-refractivity contribution < 1.29 is 18.0 Å². The molecule has 0 fully saturated rings. The molecule has 0 saturated heterocycles. The molecule has 0 bridgehead atoms. The van der Waals surface area contributed by atoms with Crippen molar-refractivity contribution in [1.29, 1.82) is 0 Å². The highest BCUT2D eigenvalue weighted by atomic mass is 32.1. The largest absolute Gasteiger partial charge is 0.416 e. The average molecular weight is 363 g/mol. The Morgan fingerprint density at radius 2 is 2.00 bits per heavy atom. The maximum absolute atomic E-state index is 12.8. The Morgan fingerprint density at radius 3 is 2.72 bits per heavy atom. The first kappa shape index (κ1) is 17.1. The SMILES string of the molecule is NC(=O)c1cncc(-c2csc(Cc3cccc(C(F)(F)F)c3)n2)c1. The molecule has 0 spiro atoms. The van der Waals surface area contributed by atoms with Gasteiger partial charge in [0.05, 0.1) is 21.8 Å². The predicted molar refractivity (Wildman–Crippen MR) is 88.1 cm³/mol. The first-order chi connectivity index (χ1) is 11.8. The van der Waals surface area contributed by atoms with Crippen LogP contribution in [-0.2, 0) is 12.6 Å². The molecule has 1 aromatic carbocycles. The zero-order valence-corrected chi connectivity index (χ0v) is 13.6. The standard InChI is InChI=1S/C17H12F3N3OS/c18-17(19,20)13-3-1-2-10(4-13)5-15-23-14(9-25-15)11-6-12(16(21)24)8-22-7-11/h1-4,6-9H,5H2,(H2,21,24). The molecule has 3 rings (SSSR count). The van der Waals surface area contributed by atoms with Crippen LogP contribution < -0.4 is 5.73 Å². The maximum atomic E-state index is 12.8. The zero-order chi connectivity index (χ0) is 18.0. The predicted octanol–water partition coefficient (Wildman–Crippen LogP) is 3.91. The number of carbonyl (C=O) groups is 1. The topological polar surface area (TPSA) is 68.9 Å². The van der Waals surface area contributed by atoms with Gasteiger partial charge in [0.15, 0.2) is 0 Å². The molecular formula is C17H12F3N3OS. The minimum Gasteiger partial charge on any atom is -0.366 e. The van der Waals surface area contributed by atoms with Gasteiger partial charge in [-0.05, 0) is 17.7 Å². The van der Waals surface area contributed by atoms with Crippen LogP contribution in [-0.4, -0.2) is 15.9 Å². The van der Waals surface area contributed by atoms with Gasteiger partial charge in [0, 0.05) is 29.8 Å². The molecule has 0 radical (unpaired) electrons. The third kappa shape index (κ3) is 4.03. The second-order valence-corrected chi connectivity index (χ2v) is 6.27. The van der Waals surface area contributed by atoms with Crippen molar-refractivity contribution >= 4 is 17.2 Å². The maximum Gasteiger partial charge on any atom is 0.416 e. The van der Waals surface area contributed by atoms with Crippen molar-refractivity contribution in [2.45, 2.75) is 12.6 Å². The summed E-state index contributed by atoms with van der Waals surface area (Å²) in [5.74, 6) is -0.589. The van der Waals surface area contributed by atoms with Crippen LogP contribution in [0.25, 0.3) is 11.3 Å². The van der Waals surface area contributed by atoms with E-state index in [9.17, 15) is 18.0 Å². The Balaban J connectivity index is 1.83. The average Bonchev–Trinajstić information content (AvgIpc) is 3.03. The van der Waals surface area contributed by atoms with Crippen molar-refractivity contribution in [1.82, 2.24) is 9.97 Å². The van der Waals surface area contributed by atoms with Gasteiger partial charge in [-0.2, -0.15) is 13.2 Å². The second-order valence-electron chi connectivity index (χ2n) is 5.33. The summed E-state index contributed by atoms with van der Waals surface area (Å²) in [5.41, 5.74) is 6.57. The number of nitrogens with zero attached hydrogens (tertiary/aromatic N) is 2. The van der Waals surface area contributed by atoms with E-state index in [0.717, 1.165) is 12.1 Å². The molecular weight excluding hydrogens is 351 g/mol. The summed E-state index contributed by atoms with van der Waals surface area (Å²) >= 11 is 1.33. The highest BCUT2D eigenvalue weighted by molar-refractivity contribution is 7.10. The summed E-state index contributed by atoms with van der Waals surface area (Å²) < 4.78 is 38.3. The summed E-state index contributed by atoms with van der Waals surface area (Å²) in [6, 6.07) is 6.76. The molecule has 0 aliphatic carbocycles. The van der Waals surface area contributed by atoms with Crippen molar-refractivity contribution in [3.8, 4) is 11.3 Å². The first-order valence-electron chi connectivity index (χ1n) is 7.19. The quantitative estimate of drug-likeness (QED) is 0.764. The van der Waals surface area contributed by atoms with Gasteiger partial charge in [0.25, 0.3) is 0 Å². The van der Waals surface area contributed by atoms with Crippen molar-refractivity contribution in [3.63, 3.8) is 0 Å². The smallest absolute Gasteiger partial charge is 0.366 e. The van der Waals surface area contributed by atoms with Gasteiger partial charge in [-0.25, -0.2) is 4.98 Å².